The van der Waals surface area contributed by atoms with Crippen molar-refractivity contribution in [3.8, 4) is 0 Å². The van der Waals surface area contributed by atoms with Crippen LogP contribution in [-0.4, -0.2) is 24.2 Å². The summed E-state index contributed by atoms with van der Waals surface area (Å²) >= 11 is 5.03. The molecule has 5 nitrogen and oxygen atoms in total. The van der Waals surface area contributed by atoms with Crippen molar-refractivity contribution in [2.45, 2.75) is 6.42 Å². The number of hydrogen-bond acceptors (Lipinski definition) is 4. The second kappa shape index (κ2) is 5.49. The summed E-state index contributed by atoms with van der Waals surface area (Å²) in [5.74, 6) is 0.702. The van der Waals surface area contributed by atoms with Gasteiger partial charge in [-0.25, -0.2) is 5.01 Å². The lowest BCUT2D eigenvalue weighted by Gasteiger charge is -2.26. The van der Waals surface area contributed by atoms with Gasteiger partial charge in [0.05, 0.1) is 5.69 Å². The first-order valence-corrected chi connectivity index (χ1v) is 5.88. The van der Waals surface area contributed by atoms with Gasteiger partial charge in [-0.15, -0.1) is 0 Å². The van der Waals surface area contributed by atoms with Gasteiger partial charge in [-0.3, -0.25) is 10.4 Å². The van der Waals surface area contributed by atoms with Crippen LogP contribution in [0, 0.1) is 0 Å². The molecule has 4 N–H and O–H groups in total. The summed E-state index contributed by atoms with van der Waals surface area (Å²) in [5, 5.41) is 5.04. The second-order valence-electron chi connectivity index (χ2n) is 3.63. The number of guanidine groups is 1. The number of nitrogens with zero attached hydrogens (tertiary/aromatic N) is 2. The number of thiocarbonyl (C=S) groups is 1. The Hall–Kier alpha value is -1.82. The Labute approximate surface area is 106 Å². The lowest BCUT2D eigenvalue weighted by Crippen LogP contribution is -2.54. The fraction of sp³-hybridized carbons (Fsp3) is 0.273. The van der Waals surface area contributed by atoms with Crippen LogP contribution in [0.4, 0.5) is 5.69 Å². The molecule has 0 radical (unpaired) electrons. The van der Waals surface area contributed by atoms with E-state index in [1.807, 2.05) is 30.3 Å². The van der Waals surface area contributed by atoms with Crippen LogP contribution >= 0.6 is 12.2 Å². The van der Waals surface area contributed by atoms with Crippen molar-refractivity contribution >= 4 is 29.0 Å². The van der Waals surface area contributed by atoms with Crippen molar-refractivity contribution in [2.24, 2.45) is 10.7 Å². The Morgan fingerprint density at radius 2 is 2.18 bits per heavy atom. The fourth-order valence-corrected chi connectivity index (χ4v) is 1.69. The first kappa shape index (κ1) is 11.7. The molecule has 0 amide bonds. The summed E-state index contributed by atoms with van der Waals surface area (Å²) < 4.78 is 0. The molecule has 0 spiro atoms. The largest absolute Gasteiger partial charge is 0.374 e. The van der Waals surface area contributed by atoms with Crippen LogP contribution in [0.15, 0.2) is 35.3 Å². The normalized spacial score (nSPS) is 14.5. The molecule has 1 aliphatic rings. The highest BCUT2D eigenvalue weighted by Gasteiger charge is 2.12. The molecule has 90 valence electrons. The average Bonchev–Trinajstić information content (AvgIpc) is 2.38. The van der Waals surface area contributed by atoms with E-state index >= 15 is 0 Å². The van der Waals surface area contributed by atoms with Crippen molar-refractivity contribution in [1.29, 1.82) is 0 Å². The van der Waals surface area contributed by atoms with E-state index in [4.69, 9.17) is 18.0 Å². The van der Waals surface area contributed by atoms with E-state index in [1.54, 1.807) is 5.01 Å². The molecule has 0 unspecified atom stereocenters. The Morgan fingerprint density at radius 3 is 2.76 bits per heavy atom. The van der Waals surface area contributed by atoms with Gasteiger partial charge in [-0.2, -0.15) is 0 Å². The number of anilines is 1. The first-order chi connectivity index (χ1) is 8.27. The highest BCUT2D eigenvalue weighted by molar-refractivity contribution is 7.80. The molecule has 0 saturated carbocycles. The Bertz CT molecular complexity index is 417. The zero-order valence-corrected chi connectivity index (χ0v) is 10.2. The maximum absolute atomic E-state index is 5.70. The number of benzene rings is 1. The fourth-order valence-electron chi connectivity index (χ4n) is 1.54. The predicted octanol–water partition coefficient (Wildman–Crippen LogP) is 0.591. The standard InChI is InChI=1S/C11H15N5S/c12-10(17)16(9-5-2-1-3-6-9)15-11-13-7-4-8-14-11/h1-3,5-6H,4,7-8H2,(H2,12,17)(H2,13,14,15). The minimum Gasteiger partial charge on any atom is -0.374 e. The molecule has 1 aromatic carbocycles. The summed E-state index contributed by atoms with van der Waals surface area (Å²) in [6, 6.07) is 9.65. The third-order valence-electron chi connectivity index (χ3n) is 2.35. The Morgan fingerprint density at radius 1 is 1.41 bits per heavy atom. The molecule has 0 atom stereocenters. The molecule has 0 aliphatic carbocycles. The number of hydrogen-bond donors (Lipinski definition) is 3. The van der Waals surface area contributed by atoms with E-state index in [2.05, 4.69) is 15.7 Å². The van der Waals surface area contributed by atoms with Gasteiger partial charge in [0.25, 0.3) is 0 Å². The van der Waals surface area contributed by atoms with Gasteiger partial charge in [-0.1, -0.05) is 18.2 Å². The van der Waals surface area contributed by atoms with Gasteiger partial charge in [0.15, 0.2) is 5.11 Å². The van der Waals surface area contributed by atoms with Crippen LogP contribution in [-0.2, 0) is 0 Å². The molecule has 0 aromatic heterocycles. The highest BCUT2D eigenvalue weighted by atomic mass is 32.1. The number of hydrazine groups is 1. The monoisotopic (exact) mass is 249 g/mol. The SMILES string of the molecule is NC(=S)N(NC1=NCCCN1)c1ccccc1. The van der Waals surface area contributed by atoms with Gasteiger partial charge < -0.3 is 11.1 Å². The minimum atomic E-state index is 0.256. The third kappa shape index (κ3) is 3.07. The molecule has 17 heavy (non-hydrogen) atoms. The van der Waals surface area contributed by atoms with Gasteiger partial charge in [-0.05, 0) is 30.8 Å². The highest BCUT2D eigenvalue weighted by Crippen LogP contribution is 2.10. The maximum atomic E-state index is 5.70. The van der Waals surface area contributed by atoms with E-state index in [0.717, 1.165) is 25.2 Å². The van der Waals surface area contributed by atoms with E-state index < -0.39 is 0 Å². The molecule has 6 heteroatoms. The molecule has 1 heterocycles. The van der Waals surface area contributed by atoms with Gasteiger partial charge >= 0.3 is 0 Å². The molecular formula is C11H15N5S. The van der Waals surface area contributed by atoms with Crippen LogP contribution in [0.3, 0.4) is 0 Å². The minimum absolute atomic E-state index is 0.256. The van der Waals surface area contributed by atoms with Crippen LogP contribution in [0.2, 0.25) is 0 Å². The lowest BCUT2D eigenvalue weighted by molar-refractivity contribution is 0.708. The van der Waals surface area contributed by atoms with E-state index in [1.165, 1.54) is 0 Å². The van der Waals surface area contributed by atoms with Crippen molar-refractivity contribution in [3.05, 3.63) is 30.3 Å². The number of para-hydroxylation sites is 1. The number of nitrogens with two attached hydrogens (primary N) is 1. The van der Waals surface area contributed by atoms with E-state index in [9.17, 15) is 0 Å². The number of aliphatic imine (C=N–C) groups is 1. The van der Waals surface area contributed by atoms with Crippen molar-refractivity contribution in [1.82, 2.24) is 10.7 Å². The average molecular weight is 249 g/mol. The first-order valence-electron chi connectivity index (χ1n) is 5.47. The predicted molar refractivity (Wildman–Crippen MR) is 73.8 cm³/mol. The Kier molecular flexibility index (Phi) is 3.77. The quantitative estimate of drug-likeness (QED) is 0.502. The van der Waals surface area contributed by atoms with Crippen LogP contribution < -0.4 is 21.5 Å². The van der Waals surface area contributed by atoms with Gasteiger partial charge in [0.2, 0.25) is 5.96 Å². The molecule has 2 rings (SSSR count). The zero-order chi connectivity index (χ0) is 12.1. The van der Waals surface area contributed by atoms with Crippen LogP contribution in [0.1, 0.15) is 6.42 Å². The number of nitrogens with one attached hydrogen (secondary N) is 2. The third-order valence-corrected chi connectivity index (χ3v) is 2.53. The lowest BCUT2D eigenvalue weighted by atomic mass is 10.3. The van der Waals surface area contributed by atoms with Crippen molar-refractivity contribution in [3.63, 3.8) is 0 Å². The van der Waals surface area contributed by atoms with Gasteiger partial charge in [0.1, 0.15) is 0 Å². The van der Waals surface area contributed by atoms with Crippen LogP contribution in [0.5, 0.6) is 0 Å². The van der Waals surface area contributed by atoms with E-state index in [-0.39, 0.29) is 5.11 Å². The summed E-state index contributed by atoms with van der Waals surface area (Å²) in [6.45, 7) is 1.72. The van der Waals surface area contributed by atoms with E-state index in [0.29, 0.717) is 5.96 Å². The summed E-state index contributed by atoms with van der Waals surface area (Å²) in [7, 11) is 0. The summed E-state index contributed by atoms with van der Waals surface area (Å²) in [5.41, 5.74) is 9.66. The van der Waals surface area contributed by atoms with Gasteiger partial charge in [0, 0.05) is 13.1 Å². The zero-order valence-electron chi connectivity index (χ0n) is 9.39. The smallest absolute Gasteiger partial charge is 0.210 e. The molecule has 1 aromatic rings. The molecule has 0 fully saturated rings. The van der Waals surface area contributed by atoms with Crippen LogP contribution in [0.25, 0.3) is 0 Å². The maximum Gasteiger partial charge on any atom is 0.210 e. The topological polar surface area (TPSA) is 65.7 Å². The molecular weight excluding hydrogens is 234 g/mol. The summed E-state index contributed by atoms with van der Waals surface area (Å²) in [6.07, 6.45) is 1.05. The van der Waals surface area contributed by atoms with Crippen molar-refractivity contribution < 1.29 is 0 Å². The Balaban J connectivity index is 2.13. The number of rotatable bonds is 1. The molecule has 1 aliphatic heterocycles. The summed E-state index contributed by atoms with van der Waals surface area (Å²) in [4.78, 5) is 4.31. The second-order valence-corrected chi connectivity index (χ2v) is 4.05. The van der Waals surface area contributed by atoms with Crippen molar-refractivity contribution in [2.75, 3.05) is 18.1 Å². The molecule has 0 bridgehead atoms. The molecule has 0 saturated heterocycles.